The third-order valence-corrected chi connectivity index (χ3v) is 4.11. The average Bonchev–Trinajstić information content (AvgIpc) is 3.00. The minimum Gasteiger partial charge on any atom is -0.281 e. The van der Waals surface area contributed by atoms with E-state index >= 15 is 0 Å². The fraction of sp³-hybridized carbons (Fsp3) is 0.0500. The lowest BCUT2D eigenvalue weighted by molar-refractivity contribution is 1.15. The number of nitroso groups, excluding NO2 is 1. The highest BCUT2D eigenvalue weighted by Crippen LogP contribution is 2.32. The fourth-order valence-corrected chi connectivity index (χ4v) is 2.87. The molecule has 0 saturated heterocycles. The Labute approximate surface area is 139 Å². The van der Waals surface area contributed by atoms with E-state index in [0.29, 0.717) is 11.5 Å². The van der Waals surface area contributed by atoms with Crippen molar-refractivity contribution in [1.29, 1.82) is 0 Å². The largest absolute Gasteiger partial charge is 0.281 e. The Kier molecular flexibility index (Phi) is 3.43. The van der Waals surface area contributed by atoms with Crippen LogP contribution in [-0.2, 0) is 0 Å². The van der Waals surface area contributed by atoms with Crippen LogP contribution in [0.25, 0.3) is 28.0 Å². The molecule has 4 nitrogen and oxygen atoms in total. The molecule has 4 rings (SSSR count). The second kappa shape index (κ2) is 5.74. The number of aryl methyl sites for hydroxylation is 1. The molecule has 116 valence electrons. The van der Waals surface area contributed by atoms with Crippen LogP contribution >= 0.6 is 0 Å². The van der Waals surface area contributed by atoms with Crippen LogP contribution < -0.4 is 0 Å². The van der Waals surface area contributed by atoms with Crippen LogP contribution in [0.2, 0.25) is 0 Å². The molecular formula is C20H15N3O. The number of nitrogens with zero attached hydrogens (tertiary/aromatic N) is 3. The smallest absolute Gasteiger partial charge is 0.209 e. The van der Waals surface area contributed by atoms with Crippen molar-refractivity contribution in [1.82, 2.24) is 9.38 Å². The van der Waals surface area contributed by atoms with Crippen LogP contribution in [0.3, 0.4) is 0 Å². The average molecular weight is 313 g/mol. The van der Waals surface area contributed by atoms with Crippen LogP contribution in [0.4, 0.5) is 5.82 Å². The maximum Gasteiger partial charge on any atom is 0.209 e. The SMILES string of the molecule is Cc1ccn2c(N=O)c(-c3ccc(-c4ccccc4)cc3)nc2c1. The van der Waals surface area contributed by atoms with Gasteiger partial charge in [-0.2, -0.15) is 0 Å². The van der Waals surface area contributed by atoms with Gasteiger partial charge in [-0.25, -0.2) is 4.98 Å². The maximum atomic E-state index is 11.3. The van der Waals surface area contributed by atoms with Gasteiger partial charge in [-0.05, 0) is 40.9 Å². The summed E-state index contributed by atoms with van der Waals surface area (Å²) < 4.78 is 1.72. The molecule has 0 unspecified atom stereocenters. The first-order chi connectivity index (χ1) is 11.8. The minimum atomic E-state index is 0.331. The number of aromatic nitrogens is 2. The number of hydrogen-bond donors (Lipinski definition) is 0. The quantitative estimate of drug-likeness (QED) is 0.477. The topological polar surface area (TPSA) is 46.7 Å². The van der Waals surface area contributed by atoms with Crippen LogP contribution in [0.1, 0.15) is 5.56 Å². The Morgan fingerprint density at radius 1 is 0.875 bits per heavy atom. The fourth-order valence-electron chi connectivity index (χ4n) is 2.87. The van der Waals surface area contributed by atoms with Crippen LogP contribution in [0, 0.1) is 11.8 Å². The minimum absolute atomic E-state index is 0.331. The first-order valence-electron chi connectivity index (χ1n) is 7.74. The molecule has 0 spiro atoms. The summed E-state index contributed by atoms with van der Waals surface area (Å²) in [5, 5.41) is 3.20. The predicted molar refractivity (Wildman–Crippen MR) is 96.3 cm³/mol. The molecule has 2 aromatic heterocycles. The van der Waals surface area contributed by atoms with Gasteiger partial charge in [0, 0.05) is 11.8 Å². The first kappa shape index (κ1) is 14.3. The molecule has 0 fully saturated rings. The van der Waals surface area contributed by atoms with Gasteiger partial charge in [-0.15, -0.1) is 4.91 Å². The lowest BCUT2D eigenvalue weighted by Gasteiger charge is -2.03. The van der Waals surface area contributed by atoms with Crippen molar-refractivity contribution in [3.05, 3.63) is 83.4 Å². The van der Waals surface area contributed by atoms with Crippen molar-refractivity contribution >= 4 is 11.5 Å². The maximum absolute atomic E-state index is 11.3. The highest BCUT2D eigenvalue weighted by molar-refractivity contribution is 5.76. The van der Waals surface area contributed by atoms with E-state index in [0.717, 1.165) is 27.9 Å². The van der Waals surface area contributed by atoms with E-state index in [1.165, 1.54) is 0 Å². The summed E-state index contributed by atoms with van der Waals surface area (Å²) in [6.07, 6.45) is 1.83. The molecule has 24 heavy (non-hydrogen) atoms. The molecule has 0 aliphatic heterocycles. The zero-order chi connectivity index (χ0) is 16.5. The van der Waals surface area contributed by atoms with Crippen molar-refractivity contribution in [2.45, 2.75) is 6.92 Å². The van der Waals surface area contributed by atoms with E-state index in [-0.39, 0.29) is 0 Å². The van der Waals surface area contributed by atoms with Gasteiger partial charge in [0.2, 0.25) is 5.82 Å². The molecule has 2 heterocycles. The summed E-state index contributed by atoms with van der Waals surface area (Å²) in [7, 11) is 0. The lowest BCUT2D eigenvalue weighted by Crippen LogP contribution is -1.83. The predicted octanol–water partition coefficient (Wildman–Crippen LogP) is 5.37. The molecule has 2 aromatic carbocycles. The number of pyridine rings is 1. The molecule has 0 N–H and O–H groups in total. The highest BCUT2D eigenvalue weighted by atomic mass is 16.3. The summed E-state index contributed by atoms with van der Waals surface area (Å²) in [6.45, 7) is 2.00. The second-order valence-electron chi connectivity index (χ2n) is 5.75. The van der Waals surface area contributed by atoms with Crippen molar-refractivity contribution in [2.24, 2.45) is 5.18 Å². The van der Waals surface area contributed by atoms with Crippen LogP contribution in [-0.4, -0.2) is 9.38 Å². The molecule has 0 radical (unpaired) electrons. The molecule has 0 saturated carbocycles. The zero-order valence-electron chi connectivity index (χ0n) is 13.2. The van der Waals surface area contributed by atoms with Gasteiger partial charge in [0.15, 0.2) is 0 Å². The monoisotopic (exact) mass is 313 g/mol. The third kappa shape index (κ3) is 2.38. The van der Waals surface area contributed by atoms with E-state index < -0.39 is 0 Å². The number of benzene rings is 2. The van der Waals surface area contributed by atoms with Crippen molar-refractivity contribution < 1.29 is 0 Å². The van der Waals surface area contributed by atoms with Gasteiger partial charge in [0.25, 0.3) is 0 Å². The van der Waals surface area contributed by atoms with Gasteiger partial charge in [-0.3, -0.25) is 4.40 Å². The van der Waals surface area contributed by atoms with E-state index in [1.807, 2.05) is 67.7 Å². The molecule has 4 heteroatoms. The van der Waals surface area contributed by atoms with Gasteiger partial charge in [-0.1, -0.05) is 54.6 Å². The van der Waals surface area contributed by atoms with E-state index in [4.69, 9.17) is 0 Å². The first-order valence-corrected chi connectivity index (χ1v) is 7.74. The summed E-state index contributed by atoms with van der Waals surface area (Å²) in [5.74, 6) is 0.331. The second-order valence-corrected chi connectivity index (χ2v) is 5.75. The number of fused-ring (bicyclic) bond motifs is 1. The summed E-state index contributed by atoms with van der Waals surface area (Å²) >= 11 is 0. The molecule has 0 bridgehead atoms. The van der Waals surface area contributed by atoms with Crippen molar-refractivity contribution in [2.75, 3.05) is 0 Å². The Balaban J connectivity index is 1.81. The van der Waals surface area contributed by atoms with E-state index in [9.17, 15) is 4.91 Å². The van der Waals surface area contributed by atoms with Gasteiger partial charge < -0.3 is 0 Å². The molecule has 0 aliphatic carbocycles. The van der Waals surface area contributed by atoms with Crippen molar-refractivity contribution in [3.8, 4) is 22.4 Å². The molecule has 0 amide bonds. The van der Waals surface area contributed by atoms with E-state index in [1.54, 1.807) is 4.40 Å². The van der Waals surface area contributed by atoms with Gasteiger partial charge >= 0.3 is 0 Å². The number of rotatable bonds is 3. The standard InChI is InChI=1S/C20H15N3O/c1-14-11-12-23-18(13-14)21-19(20(23)22-24)17-9-7-16(8-10-17)15-5-3-2-4-6-15/h2-13H,1H3. The molecular weight excluding hydrogens is 298 g/mol. The number of imidazole rings is 1. The third-order valence-electron chi connectivity index (χ3n) is 4.11. The highest BCUT2D eigenvalue weighted by Gasteiger charge is 2.14. The number of hydrogen-bond acceptors (Lipinski definition) is 3. The lowest BCUT2D eigenvalue weighted by atomic mass is 10.0. The van der Waals surface area contributed by atoms with Gasteiger partial charge in [0.05, 0.1) is 0 Å². The van der Waals surface area contributed by atoms with Crippen LogP contribution in [0.5, 0.6) is 0 Å². The van der Waals surface area contributed by atoms with Crippen molar-refractivity contribution in [3.63, 3.8) is 0 Å². The Hall–Kier alpha value is -3.27. The van der Waals surface area contributed by atoms with Crippen LogP contribution in [0.15, 0.2) is 78.1 Å². The Morgan fingerprint density at radius 2 is 1.54 bits per heavy atom. The Bertz CT molecular complexity index is 1020. The summed E-state index contributed by atoms with van der Waals surface area (Å²) in [5.41, 5.74) is 5.59. The van der Waals surface area contributed by atoms with Gasteiger partial charge in [0.1, 0.15) is 11.3 Å². The molecule has 0 atom stereocenters. The normalized spacial score (nSPS) is 10.9. The van der Waals surface area contributed by atoms with E-state index in [2.05, 4.69) is 22.3 Å². The summed E-state index contributed by atoms with van der Waals surface area (Å²) in [4.78, 5) is 15.9. The molecule has 4 aromatic rings. The Morgan fingerprint density at radius 3 is 2.25 bits per heavy atom. The molecule has 0 aliphatic rings. The summed E-state index contributed by atoms with van der Waals surface area (Å²) in [6, 6.07) is 22.1. The zero-order valence-corrected chi connectivity index (χ0v) is 13.2.